The van der Waals surface area contributed by atoms with E-state index in [1.54, 1.807) is 4.52 Å². The molecule has 4 aliphatic heterocycles. The number of hydrogen-bond acceptors (Lipinski definition) is 12. The van der Waals surface area contributed by atoms with E-state index in [0.717, 1.165) is 68.3 Å². The third-order valence-corrected chi connectivity index (χ3v) is 9.87. The number of hydrogen-bond donors (Lipinski definition) is 2. The van der Waals surface area contributed by atoms with Gasteiger partial charge in [0.1, 0.15) is 11.2 Å². The second-order valence-electron chi connectivity index (χ2n) is 13.0. The van der Waals surface area contributed by atoms with Gasteiger partial charge in [0, 0.05) is 44.8 Å². The number of piperidine rings is 1. The molecule has 8 heterocycles. The highest BCUT2D eigenvalue weighted by Crippen LogP contribution is 2.37. The molecule has 0 aromatic carbocycles. The Balaban J connectivity index is 0.915. The molecule has 1 unspecified atom stereocenters. The Kier molecular flexibility index (Phi) is 7.35. The Morgan fingerprint density at radius 2 is 2.02 bits per heavy atom. The molecule has 240 valence electrons. The van der Waals surface area contributed by atoms with Crippen molar-refractivity contribution in [1.82, 2.24) is 54.7 Å². The quantitative estimate of drug-likeness (QED) is 0.266. The summed E-state index contributed by atoms with van der Waals surface area (Å²) in [5, 5.41) is 33.3. The molecule has 0 amide bonds. The van der Waals surface area contributed by atoms with Crippen molar-refractivity contribution in [2.45, 2.75) is 69.7 Å². The van der Waals surface area contributed by atoms with Crippen molar-refractivity contribution >= 4 is 17.3 Å². The van der Waals surface area contributed by atoms with Crippen molar-refractivity contribution in [3.05, 3.63) is 60.1 Å². The van der Waals surface area contributed by atoms with Crippen molar-refractivity contribution in [3.63, 3.8) is 0 Å². The van der Waals surface area contributed by atoms with E-state index < -0.39 is 0 Å². The number of anilines is 2. The Morgan fingerprint density at radius 3 is 2.76 bits per heavy atom. The Labute approximate surface area is 267 Å². The number of pyridine rings is 1. The van der Waals surface area contributed by atoms with Crippen molar-refractivity contribution in [2.24, 2.45) is 0 Å². The third-order valence-electron chi connectivity index (χ3n) is 9.87. The number of rotatable bonds is 10. The Morgan fingerprint density at radius 1 is 1.17 bits per heavy atom. The van der Waals surface area contributed by atoms with Crippen LogP contribution in [0.2, 0.25) is 0 Å². The molecule has 15 nitrogen and oxygen atoms in total. The number of nitrogens with one attached hydrogen (secondary N) is 2. The fourth-order valence-corrected chi connectivity index (χ4v) is 7.00. The van der Waals surface area contributed by atoms with E-state index in [-0.39, 0.29) is 11.6 Å². The molecular formula is C31H40N14O. The van der Waals surface area contributed by atoms with Crippen LogP contribution in [0.4, 0.5) is 11.6 Å². The average molecular weight is 625 g/mol. The molecule has 0 saturated carbocycles. The minimum Gasteiger partial charge on any atom is -0.378 e. The first-order valence-corrected chi connectivity index (χ1v) is 16.3. The molecule has 1 atom stereocenters. The first-order valence-electron chi connectivity index (χ1n) is 16.3. The molecule has 4 aromatic rings. The number of nitrogens with zero attached hydrogens (tertiary/aromatic N) is 12. The zero-order valence-electron chi connectivity index (χ0n) is 26.3. The van der Waals surface area contributed by atoms with Gasteiger partial charge in [-0.1, -0.05) is 12.1 Å². The molecule has 46 heavy (non-hydrogen) atoms. The van der Waals surface area contributed by atoms with Gasteiger partial charge in [0.2, 0.25) is 5.95 Å². The van der Waals surface area contributed by atoms with E-state index in [0.29, 0.717) is 44.1 Å². The zero-order valence-corrected chi connectivity index (χ0v) is 26.3. The third kappa shape index (κ3) is 5.25. The van der Waals surface area contributed by atoms with E-state index in [9.17, 15) is 5.26 Å². The fraction of sp³-hybridized carbons (Fsp3) is 0.548. The number of hydrazine groups is 1. The van der Waals surface area contributed by atoms with Gasteiger partial charge >= 0.3 is 0 Å². The summed E-state index contributed by atoms with van der Waals surface area (Å²) in [4.78, 5) is 9.67. The second kappa shape index (κ2) is 11.7. The van der Waals surface area contributed by atoms with Crippen LogP contribution in [0.25, 0.3) is 5.65 Å². The largest absolute Gasteiger partial charge is 0.378 e. The van der Waals surface area contributed by atoms with Crippen molar-refractivity contribution in [2.75, 3.05) is 49.6 Å². The maximum absolute atomic E-state index is 9.60. The molecular weight excluding hydrogens is 584 g/mol. The molecule has 0 bridgehead atoms. The minimum absolute atomic E-state index is 0.0463. The molecule has 3 saturated heterocycles. The Bertz CT molecular complexity index is 1760. The first-order chi connectivity index (χ1) is 22.5. The van der Waals surface area contributed by atoms with E-state index in [4.69, 9.17) is 14.8 Å². The van der Waals surface area contributed by atoms with Crippen LogP contribution >= 0.6 is 0 Å². The minimum atomic E-state index is -0.344. The normalized spacial score (nSPS) is 22.1. The van der Waals surface area contributed by atoms with Crippen LogP contribution in [0.5, 0.6) is 0 Å². The lowest BCUT2D eigenvalue weighted by Crippen LogP contribution is -2.63. The molecule has 15 heteroatoms. The lowest BCUT2D eigenvalue weighted by atomic mass is 9.86. The van der Waals surface area contributed by atoms with Gasteiger partial charge in [-0.25, -0.2) is 14.6 Å². The van der Waals surface area contributed by atoms with Crippen LogP contribution in [-0.2, 0) is 23.2 Å². The summed E-state index contributed by atoms with van der Waals surface area (Å²) in [6.07, 6.45) is 13.5. The van der Waals surface area contributed by atoms with Gasteiger partial charge in [0.25, 0.3) is 0 Å². The fourth-order valence-electron chi connectivity index (χ4n) is 7.00. The average Bonchev–Trinajstić information content (AvgIpc) is 3.82. The topological polar surface area (TPSA) is 146 Å². The summed E-state index contributed by atoms with van der Waals surface area (Å²) in [6.45, 7) is 10.1. The van der Waals surface area contributed by atoms with Gasteiger partial charge < -0.3 is 20.0 Å². The van der Waals surface area contributed by atoms with Crippen molar-refractivity contribution in [3.8, 4) is 6.07 Å². The highest BCUT2D eigenvalue weighted by Gasteiger charge is 2.46. The van der Waals surface area contributed by atoms with Gasteiger partial charge in [0.15, 0.2) is 5.65 Å². The van der Waals surface area contributed by atoms with Crippen LogP contribution in [0, 0.1) is 11.3 Å². The summed E-state index contributed by atoms with van der Waals surface area (Å²) in [5.41, 5.74) is 7.97. The summed E-state index contributed by atoms with van der Waals surface area (Å²) in [6, 6.07) is 7.45. The number of fused-ring (bicyclic) bond motifs is 1. The predicted molar refractivity (Wildman–Crippen MR) is 169 cm³/mol. The molecule has 2 N–H and O–H groups in total. The van der Waals surface area contributed by atoms with Gasteiger partial charge in [-0.2, -0.15) is 15.3 Å². The molecule has 3 fully saturated rings. The maximum Gasteiger partial charge on any atom is 0.247 e. The van der Waals surface area contributed by atoms with Gasteiger partial charge in [0.05, 0.1) is 74.2 Å². The Hall–Kier alpha value is -4.52. The zero-order chi connectivity index (χ0) is 31.3. The summed E-state index contributed by atoms with van der Waals surface area (Å²) in [5.74, 6) is 0.531. The molecule has 4 aromatic heterocycles. The van der Waals surface area contributed by atoms with E-state index in [1.807, 2.05) is 32.8 Å². The second-order valence-corrected chi connectivity index (χ2v) is 13.0. The van der Waals surface area contributed by atoms with Crippen molar-refractivity contribution < 1.29 is 4.74 Å². The molecule has 0 radical (unpaired) electrons. The molecule has 0 aliphatic carbocycles. The lowest BCUT2D eigenvalue weighted by molar-refractivity contribution is -0.0734. The lowest BCUT2D eigenvalue weighted by Gasteiger charge is -2.50. The van der Waals surface area contributed by atoms with Crippen LogP contribution in [0.15, 0.2) is 48.8 Å². The van der Waals surface area contributed by atoms with Crippen molar-refractivity contribution in [1.29, 1.82) is 5.26 Å². The standard InChI is InChI=1S/C31H40N14O/c1-3-23-13-33-45(14-23)31(8-9-32)20-41(21-31)28-5-4-10-43-29(28)35-30(38-43)34-27-17-42(37-22(27)2)15-24-16-44(39-36-24)25-6-11-40(12-7-25)26-18-46-19-26/h4-5,10,13-14,16-17,22,25-26,37H,3,6-8,11-12,15,18-21H2,1-2H3,(H,34,38). The molecule has 0 spiro atoms. The summed E-state index contributed by atoms with van der Waals surface area (Å²) in [7, 11) is 0. The van der Waals surface area contributed by atoms with Crippen LogP contribution in [-0.4, -0.2) is 101 Å². The SMILES string of the molecule is CCc1cnn(C2(CC#N)CN(c3cccn4nc(NC5=CN(Cc6cn(C7CCN(C8COC8)CC7)nn6)NC5C)nc34)C2)c1. The highest BCUT2D eigenvalue weighted by atomic mass is 16.5. The summed E-state index contributed by atoms with van der Waals surface area (Å²) >= 11 is 0. The van der Waals surface area contributed by atoms with Crippen LogP contribution < -0.4 is 15.6 Å². The monoisotopic (exact) mass is 624 g/mol. The smallest absolute Gasteiger partial charge is 0.247 e. The van der Waals surface area contributed by atoms with E-state index in [2.05, 4.69) is 80.5 Å². The summed E-state index contributed by atoms with van der Waals surface area (Å²) < 4.78 is 11.2. The predicted octanol–water partition coefficient (Wildman–Crippen LogP) is 1.91. The number of nitriles is 1. The van der Waals surface area contributed by atoms with Crippen LogP contribution in [0.1, 0.15) is 50.4 Å². The van der Waals surface area contributed by atoms with E-state index >= 15 is 0 Å². The van der Waals surface area contributed by atoms with Gasteiger partial charge in [-0.05, 0) is 43.9 Å². The highest BCUT2D eigenvalue weighted by molar-refractivity contribution is 5.71. The number of ether oxygens (including phenoxy) is 1. The van der Waals surface area contributed by atoms with Gasteiger partial charge in [-0.3, -0.25) is 9.58 Å². The number of aromatic nitrogens is 8. The maximum atomic E-state index is 9.60. The first kappa shape index (κ1) is 28.9. The number of likely N-dealkylation sites (tertiary alicyclic amines) is 1. The van der Waals surface area contributed by atoms with Crippen LogP contribution in [0.3, 0.4) is 0 Å². The molecule has 4 aliphatic rings. The number of aryl methyl sites for hydroxylation is 1. The van der Waals surface area contributed by atoms with E-state index in [1.165, 1.54) is 5.56 Å². The van der Waals surface area contributed by atoms with Gasteiger partial charge in [-0.15, -0.1) is 10.2 Å². The molecule has 8 rings (SSSR count).